The molecule has 98 valence electrons. The fourth-order valence-electron chi connectivity index (χ4n) is 2.28. The molecule has 1 heterocycles. The Morgan fingerprint density at radius 1 is 1.50 bits per heavy atom. The molecule has 1 aromatic carbocycles. The largest absolute Gasteiger partial charge is 0.356 e. The zero-order valence-corrected chi connectivity index (χ0v) is 11.2. The number of benzene rings is 1. The SMILES string of the molecule is O=C(Cc1cccc(Cl)c1)NCC[C@@H]1CCCN1. The maximum Gasteiger partial charge on any atom is 0.224 e. The van der Waals surface area contributed by atoms with Crippen molar-refractivity contribution < 1.29 is 4.79 Å². The van der Waals surface area contributed by atoms with Crippen molar-refractivity contribution >= 4 is 17.5 Å². The average Bonchev–Trinajstić information content (AvgIpc) is 2.82. The third-order valence-electron chi connectivity index (χ3n) is 3.23. The van der Waals surface area contributed by atoms with Gasteiger partial charge in [-0.05, 0) is 43.5 Å². The summed E-state index contributed by atoms with van der Waals surface area (Å²) in [5.74, 6) is 0.0651. The first-order chi connectivity index (χ1) is 8.74. The molecule has 3 nitrogen and oxygen atoms in total. The molecule has 1 aliphatic heterocycles. The van der Waals surface area contributed by atoms with Crippen LogP contribution in [-0.2, 0) is 11.2 Å². The van der Waals surface area contributed by atoms with Crippen molar-refractivity contribution in [1.29, 1.82) is 0 Å². The van der Waals surface area contributed by atoms with Crippen LogP contribution >= 0.6 is 11.6 Å². The zero-order chi connectivity index (χ0) is 12.8. The van der Waals surface area contributed by atoms with Gasteiger partial charge in [0.05, 0.1) is 6.42 Å². The lowest BCUT2D eigenvalue weighted by Gasteiger charge is -2.10. The summed E-state index contributed by atoms with van der Waals surface area (Å²) in [5, 5.41) is 7.05. The smallest absolute Gasteiger partial charge is 0.224 e. The Kier molecular flexibility index (Phi) is 5.02. The van der Waals surface area contributed by atoms with Crippen LogP contribution in [0.2, 0.25) is 5.02 Å². The highest BCUT2D eigenvalue weighted by Gasteiger charge is 2.13. The molecule has 18 heavy (non-hydrogen) atoms. The number of carbonyl (C=O) groups excluding carboxylic acids is 1. The second-order valence-electron chi connectivity index (χ2n) is 4.74. The highest BCUT2D eigenvalue weighted by molar-refractivity contribution is 6.30. The van der Waals surface area contributed by atoms with E-state index >= 15 is 0 Å². The number of halogens is 1. The Labute approximate surface area is 113 Å². The van der Waals surface area contributed by atoms with Gasteiger partial charge >= 0.3 is 0 Å². The Morgan fingerprint density at radius 2 is 2.39 bits per heavy atom. The molecule has 2 rings (SSSR count). The molecule has 0 spiro atoms. The van der Waals surface area contributed by atoms with Crippen molar-refractivity contribution in [2.24, 2.45) is 0 Å². The van der Waals surface area contributed by atoms with E-state index in [0.717, 1.165) is 25.1 Å². The van der Waals surface area contributed by atoms with Crippen molar-refractivity contribution in [3.8, 4) is 0 Å². The van der Waals surface area contributed by atoms with Gasteiger partial charge < -0.3 is 10.6 Å². The van der Waals surface area contributed by atoms with E-state index in [1.54, 1.807) is 0 Å². The van der Waals surface area contributed by atoms with Crippen molar-refractivity contribution in [1.82, 2.24) is 10.6 Å². The van der Waals surface area contributed by atoms with Crippen LogP contribution in [0.15, 0.2) is 24.3 Å². The zero-order valence-electron chi connectivity index (χ0n) is 10.4. The van der Waals surface area contributed by atoms with Gasteiger partial charge in [0, 0.05) is 17.6 Å². The highest BCUT2D eigenvalue weighted by Crippen LogP contribution is 2.11. The maximum absolute atomic E-state index is 11.7. The fourth-order valence-corrected chi connectivity index (χ4v) is 2.50. The van der Waals surface area contributed by atoms with Gasteiger partial charge in [-0.1, -0.05) is 23.7 Å². The van der Waals surface area contributed by atoms with Gasteiger partial charge in [-0.15, -0.1) is 0 Å². The van der Waals surface area contributed by atoms with E-state index in [0.29, 0.717) is 17.5 Å². The number of nitrogens with one attached hydrogen (secondary N) is 2. The topological polar surface area (TPSA) is 41.1 Å². The van der Waals surface area contributed by atoms with Crippen LogP contribution in [0.3, 0.4) is 0 Å². The Morgan fingerprint density at radius 3 is 3.11 bits per heavy atom. The molecule has 1 amide bonds. The van der Waals surface area contributed by atoms with Gasteiger partial charge in [-0.3, -0.25) is 4.79 Å². The lowest BCUT2D eigenvalue weighted by atomic mass is 10.1. The highest BCUT2D eigenvalue weighted by atomic mass is 35.5. The van der Waals surface area contributed by atoms with Crippen molar-refractivity contribution in [3.05, 3.63) is 34.9 Å². The third-order valence-corrected chi connectivity index (χ3v) is 3.47. The van der Waals surface area contributed by atoms with E-state index in [9.17, 15) is 4.79 Å². The lowest BCUT2D eigenvalue weighted by Crippen LogP contribution is -2.31. The molecule has 1 saturated heterocycles. The van der Waals surface area contributed by atoms with Crippen LogP contribution in [0.25, 0.3) is 0 Å². The molecule has 0 aromatic heterocycles. The summed E-state index contributed by atoms with van der Waals surface area (Å²) >= 11 is 5.88. The summed E-state index contributed by atoms with van der Waals surface area (Å²) in [6, 6.07) is 8.02. The van der Waals surface area contributed by atoms with Gasteiger partial charge in [0.1, 0.15) is 0 Å². The molecule has 0 aliphatic carbocycles. The Hall–Kier alpha value is -1.06. The minimum atomic E-state index is 0.0651. The third kappa shape index (κ3) is 4.31. The van der Waals surface area contributed by atoms with E-state index in [-0.39, 0.29) is 5.91 Å². The number of amides is 1. The molecule has 1 fully saturated rings. The maximum atomic E-state index is 11.7. The quantitative estimate of drug-likeness (QED) is 0.857. The molecular formula is C14H19ClN2O. The summed E-state index contributed by atoms with van der Waals surface area (Å²) in [5.41, 5.74) is 0.957. The van der Waals surface area contributed by atoms with E-state index in [1.807, 2.05) is 24.3 Å². The summed E-state index contributed by atoms with van der Waals surface area (Å²) in [6.45, 7) is 1.86. The number of hydrogen-bond acceptors (Lipinski definition) is 2. The first-order valence-corrected chi connectivity index (χ1v) is 6.86. The summed E-state index contributed by atoms with van der Waals surface area (Å²) in [4.78, 5) is 11.7. The van der Waals surface area contributed by atoms with E-state index < -0.39 is 0 Å². The molecule has 4 heteroatoms. The molecule has 1 aliphatic rings. The van der Waals surface area contributed by atoms with E-state index in [1.165, 1.54) is 12.8 Å². The van der Waals surface area contributed by atoms with Gasteiger partial charge in [0.2, 0.25) is 5.91 Å². The number of rotatable bonds is 5. The van der Waals surface area contributed by atoms with Crippen LogP contribution in [0.4, 0.5) is 0 Å². The number of hydrogen-bond donors (Lipinski definition) is 2. The first kappa shape index (κ1) is 13.4. The summed E-state index contributed by atoms with van der Waals surface area (Å²) < 4.78 is 0. The minimum absolute atomic E-state index is 0.0651. The van der Waals surface area contributed by atoms with Crippen LogP contribution in [0.1, 0.15) is 24.8 Å². The van der Waals surface area contributed by atoms with Crippen LogP contribution < -0.4 is 10.6 Å². The van der Waals surface area contributed by atoms with Crippen LogP contribution in [0.5, 0.6) is 0 Å². The normalized spacial score (nSPS) is 18.8. The first-order valence-electron chi connectivity index (χ1n) is 6.48. The molecule has 1 aromatic rings. The minimum Gasteiger partial charge on any atom is -0.356 e. The molecular weight excluding hydrogens is 248 g/mol. The molecule has 0 unspecified atom stereocenters. The Balaban J connectivity index is 1.68. The van der Waals surface area contributed by atoms with Crippen LogP contribution in [-0.4, -0.2) is 25.0 Å². The summed E-state index contributed by atoms with van der Waals surface area (Å²) in [7, 11) is 0. The standard InChI is InChI=1S/C14H19ClN2O/c15-12-4-1-3-11(9-12)10-14(18)17-8-6-13-5-2-7-16-13/h1,3-4,9,13,16H,2,5-8,10H2,(H,17,18)/t13-/m0/s1. The van der Waals surface area contributed by atoms with Crippen LogP contribution in [0, 0.1) is 0 Å². The molecule has 2 N–H and O–H groups in total. The second-order valence-corrected chi connectivity index (χ2v) is 5.18. The van der Waals surface area contributed by atoms with Gasteiger partial charge in [0.15, 0.2) is 0 Å². The Bertz CT molecular complexity index is 403. The fraction of sp³-hybridized carbons (Fsp3) is 0.500. The molecule has 0 bridgehead atoms. The van der Waals surface area contributed by atoms with Gasteiger partial charge in [-0.2, -0.15) is 0 Å². The molecule has 0 saturated carbocycles. The van der Waals surface area contributed by atoms with E-state index in [4.69, 9.17) is 11.6 Å². The molecule has 1 atom stereocenters. The van der Waals surface area contributed by atoms with Crippen molar-refractivity contribution in [2.45, 2.75) is 31.7 Å². The summed E-state index contributed by atoms with van der Waals surface area (Å²) in [6.07, 6.45) is 3.89. The predicted octanol–water partition coefficient (Wildman–Crippen LogP) is 2.14. The van der Waals surface area contributed by atoms with Crippen molar-refractivity contribution in [3.63, 3.8) is 0 Å². The average molecular weight is 267 g/mol. The van der Waals surface area contributed by atoms with Gasteiger partial charge in [0.25, 0.3) is 0 Å². The predicted molar refractivity (Wildman–Crippen MR) is 73.8 cm³/mol. The number of carbonyl (C=O) groups is 1. The van der Waals surface area contributed by atoms with Crippen molar-refractivity contribution in [2.75, 3.05) is 13.1 Å². The second kappa shape index (κ2) is 6.76. The molecule has 0 radical (unpaired) electrons. The van der Waals surface area contributed by atoms with E-state index in [2.05, 4.69) is 10.6 Å². The van der Waals surface area contributed by atoms with Gasteiger partial charge in [-0.25, -0.2) is 0 Å². The monoisotopic (exact) mass is 266 g/mol. The lowest BCUT2D eigenvalue weighted by molar-refractivity contribution is -0.120.